The van der Waals surface area contributed by atoms with E-state index in [0.717, 1.165) is 11.4 Å². The van der Waals surface area contributed by atoms with Crippen molar-refractivity contribution < 1.29 is 0 Å². The summed E-state index contributed by atoms with van der Waals surface area (Å²) in [6.45, 7) is 2.01. The van der Waals surface area contributed by atoms with E-state index < -0.39 is 0 Å². The van der Waals surface area contributed by atoms with Crippen molar-refractivity contribution in [3.05, 3.63) is 52.0 Å². The SMILES string of the molecule is CC(N)c1ccccc1Cc1nccs1. The van der Waals surface area contributed by atoms with Gasteiger partial charge in [0.1, 0.15) is 0 Å². The molecule has 2 rings (SSSR count). The van der Waals surface area contributed by atoms with E-state index in [2.05, 4.69) is 23.2 Å². The van der Waals surface area contributed by atoms with E-state index in [0.29, 0.717) is 0 Å². The standard InChI is InChI=1S/C12H14N2S/c1-9(13)11-5-3-2-4-10(11)8-12-14-6-7-15-12/h2-7,9H,8,13H2,1H3. The molecule has 1 aromatic heterocycles. The highest BCUT2D eigenvalue weighted by atomic mass is 32.1. The molecule has 0 spiro atoms. The Morgan fingerprint density at radius 1 is 1.40 bits per heavy atom. The molecule has 3 heteroatoms. The van der Waals surface area contributed by atoms with Gasteiger partial charge in [0.15, 0.2) is 0 Å². The van der Waals surface area contributed by atoms with Gasteiger partial charge in [-0.1, -0.05) is 24.3 Å². The topological polar surface area (TPSA) is 38.9 Å². The van der Waals surface area contributed by atoms with Crippen molar-refractivity contribution in [2.75, 3.05) is 0 Å². The van der Waals surface area contributed by atoms with E-state index >= 15 is 0 Å². The Morgan fingerprint density at radius 3 is 2.87 bits per heavy atom. The van der Waals surface area contributed by atoms with E-state index in [-0.39, 0.29) is 6.04 Å². The van der Waals surface area contributed by atoms with Gasteiger partial charge in [-0.25, -0.2) is 4.98 Å². The summed E-state index contributed by atoms with van der Waals surface area (Å²) in [6.07, 6.45) is 2.73. The first-order valence-electron chi connectivity index (χ1n) is 4.99. The molecule has 1 heterocycles. The van der Waals surface area contributed by atoms with Gasteiger partial charge in [-0.05, 0) is 18.1 Å². The summed E-state index contributed by atoms with van der Waals surface area (Å²) < 4.78 is 0. The summed E-state index contributed by atoms with van der Waals surface area (Å²) in [7, 11) is 0. The Kier molecular flexibility index (Phi) is 3.14. The second kappa shape index (κ2) is 4.55. The zero-order valence-electron chi connectivity index (χ0n) is 8.68. The van der Waals surface area contributed by atoms with E-state index in [1.165, 1.54) is 11.1 Å². The average Bonchev–Trinajstić information content (AvgIpc) is 2.71. The Balaban J connectivity index is 2.28. The lowest BCUT2D eigenvalue weighted by atomic mass is 10.00. The van der Waals surface area contributed by atoms with E-state index in [1.54, 1.807) is 11.3 Å². The van der Waals surface area contributed by atoms with E-state index in [1.807, 2.05) is 24.6 Å². The lowest BCUT2D eigenvalue weighted by molar-refractivity contribution is 0.803. The molecule has 0 radical (unpaired) electrons. The number of rotatable bonds is 3. The van der Waals surface area contributed by atoms with Crippen LogP contribution in [0.4, 0.5) is 0 Å². The quantitative estimate of drug-likeness (QED) is 0.860. The predicted molar refractivity (Wildman–Crippen MR) is 64.0 cm³/mol. The minimum absolute atomic E-state index is 0.0844. The van der Waals surface area contributed by atoms with Crippen molar-refractivity contribution in [1.29, 1.82) is 0 Å². The Hall–Kier alpha value is -1.19. The number of nitrogens with zero attached hydrogens (tertiary/aromatic N) is 1. The molecule has 0 saturated carbocycles. The minimum atomic E-state index is 0.0844. The molecule has 0 amide bonds. The predicted octanol–water partition coefficient (Wildman–Crippen LogP) is 2.75. The molecule has 0 aliphatic rings. The maximum Gasteiger partial charge on any atom is 0.0968 e. The maximum absolute atomic E-state index is 5.93. The average molecular weight is 218 g/mol. The van der Waals surface area contributed by atoms with Gasteiger partial charge in [-0.15, -0.1) is 11.3 Å². The van der Waals surface area contributed by atoms with Crippen LogP contribution in [0.15, 0.2) is 35.8 Å². The van der Waals surface area contributed by atoms with Crippen LogP contribution in [0.5, 0.6) is 0 Å². The van der Waals surface area contributed by atoms with Gasteiger partial charge >= 0.3 is 0 Å². The summed E-state index contributed by atoms with van der Waals surface area (Å²) in [5.41, 5.74) is 8.42. The molecular formula is C12H14N2S. The fourth-order valence-corrected chi connectivity index (χ4v) is 2.28. The van der Waals surface area contributed by atoms with Crippen LogP contribution in [0.1, 0.15) is 29.1 Å². The van der Waals surface area contributed by atoms with Crippen molar-refractivity contribution >= 4 is 11.3 Å². The Labute approximate surface area is 93.8 Å². The molecule has 1 unspecified atom stereocenters. The lowest BCUT2D eigenvalue weighted by Crippen LogP contribution is -2.08. The first-order chi connectivity index (χ1) is 7.27. The number of hydrogen-bond donors (Lipinski definition) is 1. The highest BCUT2D eigenvalue weighted by molar-refractivity contribution is 7.09. The molecule has 0 aliphatic carbocycles. The van der Waals surface area contributed by atoms with Crippen LogP contribution in [0.3, 0.4) is 0 Å². The molecule has 78 valence electrons. The molecule has 2 N–H and O–H groups in total. The summed E-state index contributed by atoms with van der Waals surface area (Å²) in [5, 5.41) is 3.15. The van der Waals surface area contributed by atoms with Crippen molar-refractivity contribution in [3.63, 3.8) is 0 Å². The smallest absolute Gasteiger partial charge is 0.0968 e. The number of nitrogens with two attached hydrogens (primary N) is 1. The minimum Gasteiger partial charge on any atom is -0.324 e. The summed E-state index contributed by atoms with van der Waals surface area (Å²) in [6, 6.07) is 8.38. The van der Waals surface area contributed by atoms with Crippen LogP contribution in [-0.4, -0.2) is 4.98 Å². The van der Waals surface area contributed by atoms with Crippen molar-refractivity contribution in [2.45, 2.75) is 19.4 Å². The molecule has 2 aromatic rings. The molecule has 1 atom stereocenters. The van der Waals surface area contributed by atoms with Crippen molar-refractivity contribution in [3.8, 4) is 0 Å². The molecule has 15 heavy (non-hydrogen) atoms. The van der Waals surface area contributed by atoms with Gasteiger partial charge in [0.05, 0.1) is 5.01 Å². The first kappa shape index (κ1) is 10.3. The van der Waals surface area contributed by atoms with Gasteiger partial charge in [0, 0.05) is 24.0 Å². The number of benzene rings is 1. The van der Waals surface area contributed by atoms with Crippen LogP contribution in [-0.2, 0) is 6.42 Å². The second-order valence-corrected chi connectivity index (χ2v) is 4.57. The largest absolute Gasteiger partial charge is 0.324 e. The molecule has 0 saturated heterocycles. The van der Waals surface area contributed by atoms with Gasteiger partial charge in [0.25, 0.3) is 0 Å². The lowest BCUT2D eigenvalue weighted by Gasteiger charge is -2.11. The van der Waals surface area contributed by atoms with Crippen LogP contribution in [0.2, 0.25) is 0 Å². The fraction of sp³-hybridized carbons (Fsp3) is 0.250. The van der Waals surface area contributed by atoms with Gasteiger partial charge in [-0.2, -0.15) is 0 Å². The first-order valence-corrected chi connectivity index (χ1v) is 5.87. The molecule has 0 fully saturated rings. The summed E-state index contributed by atoms with van der Waals surface area (Å²) in [4.78, 5) is 4.29. The summed E-state index contributed by atoms with van der Waals surface area (Å²) >= 11 is 1.69. The van der Waals surface area contributed by atoms with Crippen LogP contribution in [0.25, 0.3) is 0 Å². The third-order valence-corrected chi connectivity index (χ3v) is 3.15. The highest BCUT2D eigenvalue weighted by Crippen LogP contribution is 2.19. The van der Waals surface area contributed by atoms with Gasteiger partial charge in [0.2, 0.25) is 0 Å². The second-order valence-electron chi connectivity index (χ2n) is 3.59. The van der Waals surface area contributed by atoms with Gasteiger partial charge in [-0.3, -0.25) is 0 Å². The number of aromatic nitrogens is 1. The third-order valence-electron chi connectivity index (χ3n) is 2.37. The van der Waals surface area contributed by atoms with Crippen LogP contribution < -0.4 is 5.73 Å². The normalized spacial score (nSPS) is 12.7. The Morgan fingerprint density at radius 2 is 2.20 bits per heavy atom. The van der Waals surface area contributed by atoms with Crippen LogP contribution in [0, 0.1) is 0 Å². The van der Waals surface area contributed by atoms with Crippen molar-refractivity contribution in [1.82, 2.24) is 4.98 Å². The monoisotopic (exact) mass is 218 g/mol. The van der Waals surface area contributed by atoms with E-state index in [4.69, 9.17) is 5.73 Å². The van der Waals surface area contributed by atoms with Crippen LogP contribution >= 0.6 is 11.3 Å². The molecule has 0 aliphatic heterocycles. The number of hydrogen-bond acceptors (Lipinski definition) is 3. The molecular weight excluding hydrogens is 204 g/mol. The molecule has 1 aromatic carbocycles. The molecule has 2 nitrogen and oxygen atoms in total. The van der Waals surface area contributed by atoms with E-state index in [9.17, 15) is 0 Å². The summed E-state index contributed by atoms with van der Waals surface area (Å²) in [5.74, 6) is 0. The van der Waals surface area contributed by atoms with Crippen molar-refractivity contribution in [2.24, 2.45) is 5.73 Å². The third kappa shape index (κ3) is 2.43. The fourth-order valence-electron chi connectivity index (χ4n) is 1.64. The maximum atomic E-state index is 5.93. The highest BCUT2D eigenvalue weighted by Gasteiger charge is 2.07. The number of thiazole rings is 1. The Bertz CT molecular complexity index is 421. The van der Waals surface area contributed by atoms with Gasteiger partial charge < -0.3 is 5.73 Å². The molecule has 0 bridgehead atoms. The zero-order chi connectivity index (χ0) is 10.7. The zero-order valence-corrected chi connectivity index (χ0v) is 9.50.